The highest BCUT2D eigenvalue weighted by molar-refractivity contribution is 14.1. The molecule has 0 aliphatic rings. The lowest BCUT2D eigenvalue weighted by atomic mass is 10.1. The fraction of sp³-hybridized carbons (Fsp3) is 0.200. The van der Waals surface area contributed by atoms with Crippen LogP contribution in [0.5, 0.6) is 0 Å². The van der Waals surface area contributed by atoms with E-state index in [9.17, 15) is 0 Å². The Bertz CT molecular complexity index is 429. The fourth-order valence-corrected chi connectivity index (χ4v) is 1.86. The van der Waals surface area contributed by atoms with E-state index in [0.717, 1.165) is 5.58 Å². The van der Waals surface area contributed by atoms with Crippen LogP contribution >= 0.6 is 22.6 Å². The highest BCUT2D eigenvalue weighted by Crippen LogP contribution is 2.26. The highest BCUT2D eigenvalue weighted by Gasteiger charge is 2.06. The maximum Gasteiger partial charge on any atom is 0.138 e. The Hall–Kier alpha value is -0.510. The summed E-state index contributed by atoms with van der Waals surface area (Å²) in [7, 11) is 0. The van der Waals surface area contributed by atoms with Gasteiger partial charge in [0.15, 0.2) is 0 Å². The molecule has 2 heteroatoms. The summed E-state index contributed by atoms with van der Waals surface area (Å²) >= 11 is 2.29. The molecule has 0 aliphatic carbocycles. The average molecular weight is 272 g/mol. The predicted octanol–water partition coefficient (Wildman–Crippen LogP) is 3.65. The lowest BCUT2D eigenvalue weighted by molar-refractivity contribution is 0.610. The minimum Gasteiger partial charge on any atom is -0.463 e. The molecule has 0 saturated carbocycles. The van der Waals surface area contributed by atoms with Gasteiger partial charge in [0.25, 0.3) is 0 Å². The first-order valence-electron chi connectivity index (χ1n) is 3.83. The molecule has 0 unspecified atom stereocenters. The molecule has 1 nitrogen and oxygen atoms in total. The van der Waals surface area contributed by atoms with Gasteiger partial charge >= 0.3 is 0 Å². The first-order chi connectivity index (χ1) is 5.70. The standard InChI is InChI=1S/C10H9IO/c1-6-3-4-8-9(11)5-12-10(8)7(6)2/h3-5H,1-2H3. The molecule has 0 atom stereocenters. The van der Waals surface area contributed by atoms with Crippen molar-refractivity contribution in [3.05, 3.63) is 33.1 Å². The molecule has 62 valence electrons. The zero-order chi connectivity index (χ0) is 8.72. The predicted molar refractivity (Wildman–Crippen MR) is 58.4 cm³/mol. The zero-order valence-corrected chi connectivity index (χ0v) is 9.18. The molecule has 0 radical (unpaired) electrons. The van der Waals surface area contributed by atoms with Gasteiger partial charge < -0.3 is 4.42 Å². The van der Waals surface area contributed by atoms with E-state index in [4.69, 9.17) is 4.42 Å². The largest absolute Gasteiger partial charge is 0.463 e. The number of hydrogen-bond acceptors (Lipinski definition) is 1. The molecular weight excluding hydrogens is 263 g/mol. The van der Waals surface area contributed by atoms with Crippen molar-refractivity contribution in [2.45, 2.75) is 13.8 Å². The number of aryl methyl sites for hydroxylation is 2. The van der Waals surface area contributed by atoms with Crippen LogP contribution in [0.2, 0.25) is 0 Å². The van der Waals surface area contributed by atoms with Crippen molar-refractivity contribution >= 4 is 33.6 Å². The Kier molecular flexibility index (Phi) is 1.87. The van der Waals surface area contributed by atoms with E-state index in [1.165, 1.54) is 20.1 Å². The number of fused-ring (bicyclic) bond motifs is 1. The van der Waals surface area contributed by atoms with Gasteiger partial charge in [0.1, 0.15) is 11.8 Å². The van der Waals surface area contributed by atoms with Gasteiger partial charge in [-0.15, -0.1) is 0 Å². The lowest BCUT2D eigenvalue weighted by Gasteiger charge is -1.98. The van der Waals surface area contributed by atoms with E-state index >= 15 is 0 Å². The van der Waals surface area contributed by atoms with Crippen LogP contribution in [0, 0.1) is 17.4 Å². The van der Waals surface area contributed by atoms with Crippen molar-refractivity contribution in [2.24, 2.45) is 0 Å². The van der Waals surface area contributed by atoms with Crippen LogP contribution < -0.4 is 0 Å². The fourth-order valence-electron chi connectivity index (χ4n) is 1.30. The molecule has 0 bridgehead atoms. The summed E-state index contributed by atoms with van der Waals surface area (Å²) in [5.41, 5.74) is 3.56. The summed E-state index contributed by atoms with van der Waals surface area (Å²) in [5.74, 6) is 0. The van der Waals surface area contributed by atoms with Gasteiger partial charge in [-0.2, -0.15) is 0 Å². The summed E-state index contributed by atoms with van der Waals surface area (Å²) in [6.45, 7) is 4.20. The summed E-state index contributed by atoms with van der Waals surface area (Å²) in [4.78, 5) is 0. The van der Waals surface area contributed by atoms with Crippen molar-refractivity contribution in [3.8, 4) is 0 Å². The van der Waals surface area contributed by atoms with Crippen LogP contribution in [0.4, 0.5) is 0 Å². The highest BCUT2D eigenvalue weighted by atomic mass is 127. The number of hydrogen-bond donors (Lipinski definition) is 0. The van der Waals surface area contributed by atoms with Gasteiger partial charge in [0.2, 0.25) is 0 Å². The van der Waals surface area contributed by atoms with Crippen LogP contribution in [-0.2, 0) is 0 Å². The molecule has 0 fully saturated rings. The van der Waals surface area contributed by atoms with Crippen LogP contribution in [0.3, 0.4) is 0 Å². The minimum atomic E-state index is 1.03. The number of rotatable bonds is 0. The maximum atomic E-state index is 5.45. The second kappa shape index (κ2) is 2.76. The Labute approximate surface area is 84.9 Å². The molecular formula is C10H9IO. The summed E-state index contributed by atoms with van der Waals surface area (Å²) in [5, 5.41) is 1.22. The SMILES string of the molecule is Cc1ccc2c(I)coc2c1C. The van der Waals surface area contributed by atoms with Crippen LogP contribution in [0.15, 0.2) is 22.8 Å². The molecule has 0 saturated heterocycles. The van der Waals surface area contributed by atoms with Gasteiger partial charge in [0.05, 0.1) is 3.57 Å². The maximum absolute atomic E-state index is 5.45. The molecule has 1 aromatic carbocycles. The quantitative estimate of drug-likeness (QED) is 0.667. The lowest BCUT2D eigenvalue weighted by Crippen LogP contribution is -1.80. The smallest absolute Gasteiger partial charge is 0.138 e. The molecule has 1 aromatic heterocycles. The van der Waals surface area contributed by atoms with Crippen molar-refractivity contribution in [3.63, 3.8) is 0 Å². The van der Waals surface area contributed by atoms with Crippen LogP contribution in [0.25, 0.3) is 11.0 Å². The van der Waals surface area contributed by atoms with Crippen molar-refractivity contribution < 1.29 is 4.42 Å². The van der Waals surface area contributed by atoms with E-state index in [1.54, 1.807) is 6.26 Å². The van der Waals surface area contributed by atoms with E-state index in [2.05, 4.69) is 48.6 Å². The van der Waals surface area contributed by atoms with Crippen molar-refractivity contribution in [1.82, 2.24) is 0 Å². The molecule has 1 heterocycles. The molecule has 2 aromatic rings. The van der Waals surface area contributed by atoms with Crippen LogP contribution in [-0.4, -0.2) is 0 Å². The van der Waals surface area contributed by atoms with Crippen molar-refractivity contribution in [1.29, 1.82) is 0 Å². The Morgan fingerprint density at radius 3 is 2.75 bits per heavy atom. The number of benzene rings is 1. The summed E-state index contributed by atoms with van der Waals surface area (Å²) < 4.78 is 6.64. The van der Waals surface area contributed by atoms with E-state index < -0.39 is 0 Å². The molecule has 0 aliphatic heterocycles. The first kappa shape index (κ1) is 8.10. The van der Waals surface area contributed by atoms with Crippen molar-refractivity contribution in [2.75, 3.05) is 0 Å². The van der Waals surface area contributed by atoms with E-state index in [1.807, 2.05) is 0 Å². The number of furan rings is 1. The first-order valence-corrected chi connectivity index (χ1v) is 4.91. The Balaban J connectivity index is 2.93. The van der Waals surface area contributed by atoms with E-state index in [-0.39, 0.29) is 0 Å². The van der Waals surface area contributed by atoms with Gasteiger partial charge in [-0.05, 0) is 53.6 Å². The molecule has 2 rings (SSSR count). The molecule has 0 N–H and O–H groups in total. The Morgan fingerprint density at radius 2 is 2.00 bits per heavy atom. The van der Waals surface area contributed by atoms with Gasteiger partial charge in [0, 0.05) is 5.39 Å². The number of halogens is 1. The topological polar surface area (TPSA) is 13.1 Å². The molecule has 0 amide bonds. The van der Waals surface area contributed by atoms with Gasteiger partial charge in [-0.1, -0.05) is 6.07 Å². The normalized spacial score (nSPS) is 10.9. The molecule has 0 spiro atoms. The second-order valence-electron chi connectivity index (χ2n) is 2.97. The van der Waals surface area contributed by atoms with Gasteiger partial charge in [-0.3, -0.25) is 0 Å². The Morgan fingerprint density at radius 1 is 1.25 bits per heavy atom. The molecule has 12 heavy (non-hydrogen) atoms. The summed E-state index contributed by atoms with van der Waals surface area (Å²) in [6, 6.07) is 4.25. The van der Waals surface area contributed by atoms with E-state index in [0.29, 0.717) is 0 Å². The zero-order valence-electron chi connectivity index (χ0n) is 7.02. The third kappa shape index (κ3) is 1.05. The minimum absolute atomic E-state index is 1.03. The monoisotopic (exact) mass is 272 g/mol. The third-order valence-electron chi connectivity index (χ3n) is 2.21. The third-order valence-corrected chi connectivity index (χ3v) is 3.05. The second-order valence-corrected chi connectivity index (χ2v) is 4.13. The summed E-state index contributed by atoms with van der Waals surface area (Å²) in [6.07, 6.45) is 1.80. The average Bonchev–Trinajstić information content (AvgIpc) is 2.41. The van der Waals surface area contributed by atoms with Crippen LogP contribution in [0.1, 0.15) is 11.1 Å². The van der Waals surface area contributed by atoms with Gasteiger partial charge in [-0.25, -0.2) is 0 Å².